The summed E-state index contributed by atoms with van der Waals surface area (Å²) in [6.07, 6.45) is 0. The lowest BCUT2D eigenvalue weighted by atomic mass is 9.90. The van der Waals surface area contributed by atoms with Gasteiger partial charge in [-0.2, -0.15) is 5.26 Å². The van der Waals surface area contributed by atoms with Gasteiger partial charge in [-0.15, -0.1) is 0 Å². The van der Waals surface area contributed by atoms with Crippen LogP contribution in [0.15, 0.2) is 24.3 Å². The van der Waals surface area contributed by atoms with Crippen molar-refractivity contribution in [1.29, 1.82) is 5.26 Å². The molecule has 1 N–H and O–H groups in total. The highest BCUT2D eigenvalue weighted by molar-refractivity contribution is 5.35. The van der Waals surface area contributed by atoms with Crippen LogP contribution in [0.25, 0.3) is 0 Å². The molecule has 0 radical (unpaired) electrons. The second kappa shape index (κ2) is 2.82. The summed E-state index contributed by atoms with van der Waals surface area (Å²) < 4.78 is 13.7. The van der Waals surface area contributed by atoms with Crippen LogP contribution in [0.2, 0.25) is 0 Å². The van der Waals surface area contributed by atoms with Gasteiger partial charge in [0.15, 0.2) is 5.67 Å². The maximum atomic E-state index is 13.7. The van der Waals surface area contributed by atoms with E-state index in [-0.39, 0.29) is 0 Å². The standard InChI is InChI=1S/C10H9FN2/c11-10(6-13-7-10)9-3-1-8(5-12)2-4-9/h1-4,13H,6-7H2. The molecule has 13 heavy (non-hydrogen) atoms. The van der Waals surface area contributed by atoms with Gasteiger partial charge in [-0.1, -0.05) is 12.1 Å². The lowest BCUT2D eigenvalue weighted by molar-refractivity contribution is 0.0891. The number of alkyl halides is 1. The quantitative estimate of drug-likeness (QED) is 0.700. The van der Waals surface area contributed by atoms with Crippen molar-refractivity contribution in [2.24, 2.45) is 0 Å². The molecule has 1 heterocycles. The fraction of sp³-hybridized carbons (Fsp3) is 0.300. The van der Waals surface area contributed by atoms with Gasteiger partial charge in [0.25, 0.3) is 0 Å². The summed E-state index contributed by atoms with van der Waals surface area (Å²) >= 11 is 0. The number of hydrogen-bond donors (Lipinski definition) is 1. The van der Waals surface area contributed by atoms with E-state index in [0.29, 0.717) is 24.2 Å². The first kappa shape index (κ1) is 8.21. The maximum absolute atomic E-state index is 13.7. The molecule has 2 nitrogen and oxygen atoms in total. The van der Waals surface area contributed by atoms with Gasteiger partial charge >= 0.3 is 0 Å². The van der Waals surface area contributed by atoms with Gasteiger partial charge in [0.2, 0.25) is 0 Å². The molecule has 0 saturated carbocycles. The first-order valence-corrected chi connectivity index (χ1v) is 4.15. The molecule has 1 aromatic carbocycles. The van der Waals surface area contributed by atoms with Crippen molar-refractivity contribution in [1.82, 2.24) is 5.32 Å². The second-order valence-corrected chi connectivity index (χ2v) is 3.26. The van der Waals surface area contributed by atoms with E-state index in [9.17, 15) is 4.39 Å². The van der Waals surface area contributed by atoms with E-state index in [1.54, 1.807) is 24.3 Å². The summed E-state index contributed by atoms with van der Waals surface area (Å²) in [7, 11) is 0. The Morgan fingerprint density at radius 3 is 2.31 bits per heavy atom. The molecule has 0 aliphatic carbocycles. The molecular weight excluding hydrogens is 167 g/mol. The Kier molecular flexibility index (Phi) is 1.78. The van der Waals surface area contributed by atoms with Crippen LogP contribution in [0.4, 0.5) is 4.39 Å². The average Bonchev–Trinajstić information content (AvgIpc) is 2.14. The molecule has 2 rings (SSSR count). The van der Waals surface area contributed by atoms with E-state index in [4.69, 9.17) is 5.26 Å². The molecule has 1 aromatic rings. The van der Waals surface area contributed by atoms with Gasteiger partial charge in [-0.3, -0.25) is 0 Å². The molecule has 66 valence electrons. The van der Waals surface area contributed by atoms with Gasteiger partial charge in [0.1, 0.15) is 0 Å². The van der Waals surface area contributed by atoms with E-state index in [1.165, 1.54) is 0 Å². The highest BCUT2D eigenvalue weighted by Crippen LogP contribution is 2.29. The van der Waals surface area contributed by atoms with Crippen molar-refractivity contribution in [2.75, 3.05) is 13.1 Å². The van der Waals surface area contributed by atoms with Gasteiger partial charge in [-0.25, -0.2) is 4.39 Å². The Morgan fingerprint density at radius 1 is 1.31 bits per heavy atom. The van der Waals surface area contributed by atoms with E-state index in [0.717, 1.165) is 0 Å². The SMILES string of the molecule is N#Cc1ccc(C2(F)CNC2)cc1. The molecule has 0 unspecified atom stereocenters. The third kappa shape index (κ3) is 1.30. The predicted molar refractivity (Wildman–Crippen MR) is 46.8 cm³/mol. The van der Waals surface area contributed by atoms with Crippen LogP contribution in [0.3, 0.4) is 0 Å². The molecule has 1 saturated heterocycles. The molecule has 0 bridgehead atoms. The Balaban J connectivity index is 2.28. The molecule has 1 aliphatic rings. The average molecular weight is 176 g/mol. The summed E-state index contributed by atoms with van der Waals surface area (Å²) in [5.74, 6) is 0. The van der Waals surface area contributed by atoms with Gasteiger partial charge in [0, 0.05) is 13.1 Å². The molecule has 1 fully saturated rings. The van der Waals surface area contributed by atoms with Crippen molar-refractivity contribution in [3.05, 3.63) is 35.4 Å². The van der Waals surface area contributed by atoms with Crippen molar-refractivity contribution >= 4 is 0 Å². The lowest BCUT2D eigenvalue weighted by Gasteiger charge is -2.35. The number of nitrogens with one attached hydrogen (secondary N) is 1. The zero-order chi connectivity index (χ0) is 9.31. The Labute approximate surface area is 76.0 Å². The van der Waals surface area contributed by atoms with Crippen molar-refractivity contribution in [3.8, 4) is 6.07 Å². The van der Waals surface area contributed by atoms with Gasteiger partial charge < -0.3 is 5.32 Å². The third-order valence-corrected chi connectivity index (χ3v) is 2.34. The summed E-state index contributed by atoms with van der Waals surface area (Å²) in [4.78, 5) is 0. The molecule has 0 amide bonds. The Morgan fingerprint density at radius 2 is 1.92 bits per heavy atom. The van der Waals surface area contributed by atoms with Crippen LogP contribution in [-0.4, -0.2) is 13.1 Å². The van der Waals surface area contributed by atoms with E-state index >= 15 is 0 Å². The minimum absolute atomic E-state index is 0.374. The summed E-state index contributed by atoms with van der Waals surface area (Å²) in [6, 6.07) is 8.66. The summed E-state index contributed by atoms with van der Waals surface area (Å²) in [5.41, 5.74) is 0.0124. The summed E-state index contributed by atoms with van der Waals surface area (Å²) in [6.45, 7) is 0.748. The normalized spacial score (nSPS) is 18.8. The van der Waals surface area contributed by atoms with E-state index in [1.807, 2.05) is 6.07 Å². The van der Waals surface area contributed by atoms with Gasteiger partial charge in [0.05, 0.1) is 11.6 Å². The smallest absolute Gasteiger partial charge is 0.160 e. The number of hydrogen-bond acceptors (Lipinski definition) is 2. The maximum Gasteiger partial charge on any atom is 0.160 e. The fourth-order valence-corrected chi connectivity index (χ4v) is 1.39. The zero-order valence-corrected chi connectivity index (χ0v) is 7.05. The third-order valence-electron chi connectivity index (χ3n) is 2.34. The van der Waals surface area contributed by atoms with E-state index in [2.05, 4.69) is 5.32 Å². The highest BCUT2D eigenvalue weighted by atomic mass is 19.1. The minimum atomic E-state index is -1.21. The molecule has 0 aromatic heterocycles. The van der Waals surface area contributed by atoms with Crippen LogP contribution in [-0.2, 0) is 5.67 Å². The number of rotatable bonds is 1. The number of halogens is 1. The monoisotopic (exact) mass is 176 g/mol. The Bertz CT molecular complexity index is 346. The van der Waals surface area contributed by atoms with E-state index < -0.39 is 5.67 Å². The van der Waals surface area contributed by atoms with Crippen LogP contribution in [0.5, 0.6) is 0 Å². The van der Waals surface area contributed by atoms with Crippen LogP contribution in [0, 0.1) is 11.3 Å². The number of nitrogens with zero attached hydrogens (tertiary/aromatic N) is 1. The number of nitriles is 1. The zero-order valence-electron chi connectivity index (χ0n) is 7.05. The van der Waals surface area contributed by atoms with Crippen molar-refractivity contribution in [3.63, 3.8) is 0 Å². The summed E-state index contributed by atoms with van der Waals surface area (Å²) in [5, 5.41) is 11.4. The second-order valence-electron chi connectivity index (χ2n) is 3.26. The first-order chi connectivity index (χ1) is 6.24. The molecule has 3 heteroatoms. The van der Waals surface area contributed by atoms with Gasteiger partial charge in [-0.05, 0) is 17.7 Å². The first-order valence-electron chi connectivity index (χ1n) is 4.15. The highest BCUT2D eigenvalue weighted by Gasteiger charge is 2.38. The molecule has 0 atom stereocenters. The topological polar surface area (TPSA) is 35.8 Å². The van der Waals surface area contributed by atoms with Crippen molar-refractivity contribution in [2.45, 2.75) is 5.67 Å². The predicted octanol–water partition coefficient (Wildman–Crippen LogP) is 1.33. The molecule has 0 spiro atoms. The van der Waals surface area contributed by atoms with Crippen molar-refractivity contribution < 1.29 is 4.39 Å². The van der Waals surface area contributed by atoms with Crippen LogP contribution >= 0.6 is 0 Å². The fourth-order valence-electron chi connectivity index (χ4n) is 1.39. The van der Waals surface area contributed by atoms with Crippen LogP contribution < -0.4 is 5.32 Å². The van der Waals surface area contributed by atoms with Crippen LogP contribution in [0.1, 0.15) is 11.1 Å². The number of benzene rings is 1. The largest absolute Gasteiger partial charge is 0.310 e. The molecule has 1 aliphatic heterocycles. The lowest BCUT2D eigenvalue weighted by Crippen LogP contribution is -2.53. The minimum Gasteiger partial charge on any atom is -0.310 e. The Hall–Kier alpha value is -1.40. The molecular formula is C10H9FN2.